The number of hydrogen-bond donors (Lipinski definition) is 1. The van der Waals surface area contributed by atoms with Crippen molar-refractivity contribution in [2.24, 2.45) is 0 Å². The summed E-state index contributed by atoms with van der Waals surface area (Å²) in [5.74, 6) is 0.259. The number of piperidine rings is 1. The van der Waals surface area contributed by atoms with Crippen LogP contribution < -0.4 is 5.32 Å². The molecule has 4 heteroatoms. The zero-order chi connectivity index (χ0) is 14.8. The zero-order valence-electron chi connectivity index (χ0n) is 12.8. The Morgan fingerprint density at radius 2 is 1.86 bits per heavy atom. The summed E-state index contributed by atoms with van der Waals surface area (Å²) in [5.41, 5.74) is 0. The van der Waals surface area contributed by atoms with Gasteiger partial charge in [-0.2, -0.15) is 0 Å². The maximum Gasteiger partial charge on any atom is 0.235 e. The van der Waals surface area contributed by atoms with Crippen molar-refractivity contribution >= 4 is 17.7 Å². The molecule has 2 aliphatic rings. The molecule has 1 amide bonds. The molecule has 1 N–H and O–H groups in total. The molecule has 21 heavy (non-hydrogen) atoms. The molecule has 2 aliphatic heterocycles. The topological polar surface area (TPSA) is 32.3 Å². The van der Waals surface area contributed by atoms with Crippen molar-refractivity contribution in [3.8, 4) is 0 Å². The average molecular weight is 304 g/mol. The highest BCUT2D eigenvalue weighted by atomic mass is 32.2. The third kappa shape index (κ3) is 3.43. The highest BCUT2D eigenvalue weighted by molar-refractivity contribution is 8.00. The summed E-state index contributed by atoms with van der Waals surface area (Å²) >= 11 is 1.65. The van der Waals surface area contributed by atoms with Crippen molar-refractivity contribution in [1.82, 2.24) is 10.2 Å². The zero-order valence-corrected chi connectivity index (χ0v) is 13.6. The molecular weight excluding hydrogens is 280 g/mol. The van der Waals surface area contributed by atoms with Gasteiger partial charge < -0.3 is 10.2 Å². The number of amides is 1. The lowest BCUT2D eigenvalue weighted by atomic mass is 9.98. The molecule has 0 radical (unpaired) electrons. The van der Waals surface area contributed by atoms with E-state index in [9.17, 15) is 4.79 Å². The van der Waals surface area contributed by atoms with E-state index in [1.807, 2.05) is 37.1 Å². The summed E-state index contributed by atoms with van der Waals surface area (Å²) in [4.78, 5) is 15.8. The molecule has 1 aromatic rings. The highest BCUT2D eigenvalue weighted by Gasteiger charge is 2.37. The SMILES string of the molecule is CC(Sc1ccccc1)C(=O)N(C)C1CC2CCC(C1)N2. The van der Waals surface area contributed by atoms with E-state index < -0.39 is 0 Å². The minimum absolute atomic E-state index is 0.0232. The van der Waals surface area contributed by atoms with Crippen LogP contribution in [0.3, 0.4) is 0 Å². The van der Waals surface area contributed by atoms with Crippen LogP contribution in [0.5, 0.6) is 0 Å². The van der Waals surface area contributed by atoms with Gasteiger partial charge in [0.15, 0.2) is 0 Å². The third-order valence-corrected chi connectivity index (χ3v) is 5.85. The average Bonchev–Trinajstić information content (AvgIpc) is 2.85. The smallest absolute Gasteiger partial charge is 0.235 e. The van der Waals surface area contributed by atoms with Gasteiger partial charge in [-0.25, -0.2) is 0 Å². The summed E-state index contributed by atoms with van der Waals surface area (Å²) in [6, 6.07) is 11.9. The normalized spacial score (nSPS) is 29.1. The van der Waals surface area contributed by atoms with E-state index in [1.165, 1.54) is 12.8 Å². The van der Waals surface area contributed by atoms with Gasteiger partial charge in [-0.1, -0.05) is 18.2 Å². The Hall–Kier alpha value is -1.00. The fourth-order valence-electron chi connectivity index (χ4n) is 3.56. The molecule has 2 saturated heterocycles. The van der Waals surface area contributed by atoms with Crippen molar-refractivity contribution in [3.05, 3.63) is 30.3 Å². The van der Waals surface area contributed by atoms with E-state index in [2.05, 4.69) is 17.4 Å². The second-order valence-electron chi connectivity index (χ2n) is 6.29. The summed E-state index contributed by atoms with van der Waals surface area (Å²) in [5, 5.41) is 3.62. The summed E-state index contributed by atoms with van der Waals surface area (Å²) in [6.45, 7) is 2.02. The lowest BCUT2D eigenvalue weighted by Crippen LogP contribution is -2.50. The number of carbonyl (C=O) groups is 1. The number of nitrogens with one attached hydrogen (secondary N) is 1. The van der Waals surface area contributed by atoms with Crippen LogP contribution in [0.2, 0.25) is 0 Å². The molecule has 0 saturated carbocycles. The summed E-state index contributed by atoms with van der Waals surface area (Å²) in [6.07, 6.45) is 4.78. The molecule has 3 nitrogen and oxygen atoms in total. The molecule has 2 bridgehead atoms. The molecule has 3 unspecified atom stereocenters. The van der Waals surface area contributed by atoms with Crippen molar-refractivity contribution < 1.29 is 4.79 Å². The van der Waals surface area contributed by atoms with Gasteiger partial charge in [-0.3, -0.25) is 4.79 Å². The van der Waals surface area contributed by atoms with Crippen LogP contribution >= 0.6 is 11.8 Å². The molecule has 0 spiro atoms. The molecule has 3 atom stereocenters. The van der Waals surface area contributed by atoms with Gasteiger partial charge in [0.25, 0.3) is 0 Å². The van der Waals surface area contributed by atoms with Crippen LogP contribution in [0.25, 0.3) is 0 Å². The van der Waals surface area contributed by atoms with Gasteiger partial charge in [0.2, 0.25) is 5.91 Å². The predicted molar refractivity (Wildman–Crippen MR) is 87.5 cm³/mol. The van der Waals surface area contributed by atoms with Crippen LogP contribution in [0.1, 0.15) is 32.6 Å². The number of hydrogen-bond acceptors (Lipinski definition) is 3. The third-order valence-electron chi connectivity index (χ3n) is 4.75. The second-order valence-corrected chi connectivity index (χ2v) is 7.70. The van der Waals surface area contributed by atoms with E-state index in [-0.39, 0.29) is 11.2 Å². The Morgan fingerprint density at radius 3 is 2.48 bits per heavy atom. The fourth-order valence-corrected chi connectivity index (χ4v) is 4.55. The van der Waals surface area contributed by atoms with Crippen molar-refractivity contribution in [2.45, 2.75) is 60.9 Å². The molecule has 2 fully saturated rings. The Balaban J connectivity index is 1.59. The first-order valence-corrected chi connectivity index (χ1v) is 8.76. The highest BCUT2D eigenvalue weighted by Crippen LogP contribution is 2.31. The first-order valence-electron chi connectivity index (χ1n) is 7.88. The van der Waals surface area contributed by atoms with Gasteiger partial charge in [0.05, 0.1) is 5.25 Å². The molecular formula is C17H24N2OS. The van der Waals surface area contributed by atoms with E-state index in [0.717, 1.165) is 17.7 Å². The number of thioether (sulfide) groups is 1. The molecule has 3 rings (SSSR count). The largest absolute Gasteiger partial charge is 0.342 e. The maximum absolute atomic E-state index is 12.7. The molecule has 0 aliphatic carbocycles. The quantitative estimate of drug-likeness (QED) is 0.868. The Bertz CT molecular complexity index is 481. The van der Waals surface area contributed by atoms with E-state index in [1.54, 1.807) is 11.8 Å². The maximum atomic E-state index is 12.7. The van der Waals surface area contributed by atoms with E-state index >= 15 is 0 Å². The van der Waals surface area contributed by atoms with Crippen LogP contribution in [0, 0.1) is 0 Å². The molecule has 2 heterocycles. The minimum atomic E-state index is -0.0232. The molecule has 0 aromatic heterocycles. The summed E-state index contributed by atoms with van der Waals surface area (Å²) in [7, 11) is 1.99. The fraction of sp³-hybridized carbons (Fsp3) is 0.588. The Kier molecular flexibility index (Phi) is 4.55. The number of benzene rings is 1. The first kappa shape index (κ1) is 14.9. The Labute approximate surface area is 131 Å². The summed E-state index contributed by atoms with van der Waals surface area (Å²) < 4.78 is 0. The van der Waals surface area contributed by atoms with Gasteiger partial charge in [0.1, 0.15) is 0 Å². The minimum Gasteiger partial charge on any atom is -0.342 e. The van der Waals surface area contributed by atoms with Gasteiger partial charge in [-0.05, 0) is 44.7 Å². The first-order chi connectivity index (χ1) is 10.1. The second kappa shape index (κ2) is 6.41. The molecule has 1 aromatic carbocycles. The lowest BCUT2D eigenvalue weighted by molar-refractivity contribution is -0.131. The Morgan fingerprint density at radius 1 is 1.24 bits per heavy atom. The predicted octanol–water partition coefficient (Wildman–Crippen LogP) is 2.91. The van der Waals surface area contributed by atoms with Crippen molar-refractivity contribution in [3.63, 3.8) is 0 Å². The number of carbonyl (C=O) groups excluding carboxylic acids is 1. The standard InChI is InChI=1S/C17H24N2OS/c1-12(21-16-6-4-3-5-7-16)17(20)19(2)15-10-13-8-9-14(11-15)18-13/h3-7,12-15,18H,8-11H2,1-2H3. The van der Waals surface area contributed by atoms with Crippen LogP contribution in [-0.4, -0.2) is 41.2 Å². The monoisotopic (exact) mass is 304 g/mol. The number of nitrogens with zero attached hydrogens (tertiary/aromatic N) is 1. The van der Waals surface area contributed by atoms with Crippen LogP contribution in [0.15, 0.2) is 35.2 Å². The van der Waals surface area contributed by atoms with E-state index in [4.69, 9.17) is 0 Å². The number of rotatable bonds is 4. The van der Waals surface area contributed by atoms with Crippen LogP contribution in [-0.2, 0) is 4.79 Å². The van der Waals surface area contributed by atoms with E-state index in [0.29, 0.717) is 18.1 Å². The lowest BCUT2D eigenvalue weighted by Gasteiger charge is -2.36. The van der Waals surface area contributed by atoms with Gasteiger partial charge in [-0.15, -0.1) is 11.8 Å². The van der Waals surface area contributed by atoms with Gasteiger partial charge >= 0.3 is 0 Å². The van der Waals surface area contributed by atoms with Crippen LogP contribution in [0.4, 0.5) is 0 Å². The van der Waals surface area contributed by atoms with Gasteiger partial charge in [0, 0.05) is 30.1 Å². The van der Waals surface area contributed by atoms with Crippen molar-refractivity contribution in [2.75, 3.05) is 7.05 Å². The number of fused-ring (bicyclic) bond motifs is 2. The molecule has 114 valence electrons. The van der Waals surface area contributed by atoms with Crippen molar-refractivity contribution in [1.29, 1.82) is 0 Å².